The van der Waals surface area contributed by atoms with Crippen molar-refractivity contribution < 1.29 is 4.79 Å². The van der Waals surface area contributed by atoms with Gasteiger partial charge in [0.1, 0.15) is 5.69 Å². The van der Waals surface area contributed by atoms with Gasteiger partial charge >= 0.3 is 0 Å². The van der Waals surface area contributed by atoms with E-state index in [0.29, 0.717) is 17.3 Å². The number of nitrogens with one attached hydrogen (secondary N) is 2. The molecule has 0 aliphatic heterocycles. The van der Waals surface area contributed by atoms with Crippen LogP contribution in [0.2, 0.25) is 5.02 Å². The van der Waals surface area contributed by atoms with E-state index < -0.39 is 0 Å². The first kappa shape index (κ1) is 12.6. The lowest BCUT2D eigenvalue weighted by Gasteiger charge is -2.16. The summed E-state index contributed by atoms with van der Waals surface area (Å²) < 4.78 is 0. The number of carbonyl (C=O) groups excluding carboxylic acids is 1. The topological polar surface area (TPSA) is 83.8 Å². The summed E-state index contributed by atoms with van der Waals surface area (Å²) in [5, 5.41) is 3.43. The number of hydrogen-bond donors (Lipinski definition) is 3. The number of halogens is 1. The van der Waals surface area contributed by atoms with Crippen molar-refractivity contribution in [2.75, 3.05) is 6.54 Å². The van der Waals surface area contributed by atoms with Crippen LogP contribution in [0.5, 0.6) is 0 Å². The van der Waals surface area contributed by atoms with Gasteiger partial charge in [-0.3, -0.25) is 4.79 Å². The first-order chi connectivity index (χ1) is 8.70. The van der Waals surface area contributed by atoms with Gasteiger partial charge in [0.25, 0.3) is 5.91 Å². The van der Waals surface area contributed by atoms with E-state index in [-0.39, 0.29) is 11.9 Å². The molecule has 0 aliphatic carbocycles. The van der Waals surface area contributed by atoms with Crippen LogP contribution in [0.1, 0.15) is 22.1 Å². The number of aromatic amines is 1. The zero-order valence-corrected chi connectivity index (χ0v) is 10.3. The number of nitrogens with two attached hydrogens (primary N) is 1. The number of carbonyl (C=O) groups is 1. The van der Waals surface area contributed by atoms with Crippen LogP contribution in [0, 0.1) is 0 Å². The monoisotopic (exact) mass is 264 g/mol. The molecule has 0 saturated carbocycles. The van der Waals surface area contributed by atoms with E-state index >= 15 is 0 Å². The number of hydrogen-bond acceptors (Lipinski definition) is 3. The Hall–Kier alpha value is -1.85. The van der Waals surface area contributed by atoms with Gasteiger partial charge < -0.3 is 16.0 Å². The fourth-order valence-electron chi connectivity index (χ4n) is 1.62. The highest BCUT2D eigenvalue weighted by atomic mass is 35.5. The van der Waals surface area contributed by atoms with Gasteiger partial charge in [0.15, 0.2) is 0 Å². The first-order valence-corrected chi connectivity index (χ1v) is 5.83. The van der Waals surface area contributed by atoms with Crippen LogP contribution >= 0.6 is 11.6 Å². The van der Waals surface area contributed by atoms with Crippen LogP contribution in [0.25, 0.3) is 0 Å². The Morgan fingerprint density at radius 2 is 2.39 bits per heavy atom. The van der Waals surface area contributed by atoms with Gasteiger partial charge in [0, 0.05) is 11.6 Å². The van der Waals surface area contributed by atoms with Crippen molar-refractivity contribution in [1.82, 2.24) is 15.3 Å². The van der Waals surface area contributed by atoms with Gasteiger partial charge in [0.2, 0.25) is 0 Å². The maximum absolute atomic E-state index is 11.9. The Kier molecular flexibility index (Phi) is 3.96. The smallest absolute Gasteiger partial charge is 0.269 e. The maximum atomic E-state index is 11.9. The Bertz CT molecular complexity index is 527. The summed E-state index contributed by atoms with van der Waals surface area (Å²) in [7, 11) is 0. The summed E-state index contributed by atoms with van der Waals surface area (Å²) in [5.74, 6) is -0.247. The van der Waals surface area contributed by atoms with E-state index in [0.717, 1.165) is 5.56 Å². The fraction of sp³-hybridized carbons (Fsp3) is 0.167. The van der Waals surface area contributed by atoms with Crippen LogP contribution in [0.3, 0.4) is 0 Å². The molecule has 2 aromatic rings. The second-order valence-corrected chi connectivity index (χ2v) is 4.22. The average molecular weight is 265 g/mol. The summed E-state index contributed by atoms with van der Waals surface area (Å²) in [6.45, 7) is 0.292. The minimum absolute atomic E-state index is 0.247. The van der Waals surface area contributed by atoms with Gasteiger partial charge in [-0.25, -0.2) is 4.98 Å². The fourth-order valence-corrected chi connectivity index (χ4v) is 1.82. The molecule has 0 saturated heterocycles. The van der Waals surface area contributed by atoms with E-state index in [1.54, 1.807) is 12.1 Å². The molecular weight excluding hydrogens is 252 g/mol. The van der Waals surface area contributed by atoms with Crippen molar-refractivity contribution in [3.63, 3.8) is 0 Å². The quantitative estimate of drug-likeness (QED) is 0.782. The van der Waals surface area contributed by atoms with Crippen molar-refractivity contribution in [2.45, 2.75) is 6.04 Å². The summed E-state index contributed by atoms with van der Waals surface area (Å²) in [6, 6.07) is 6.97. The van der Waals surface area contributed by atoms with Gasteiger partial charge in [-0.2, -0.15) is 0 Å². The summed E-state index contributed by atoms with van der Waals surface area (Å²) in [5.41, 5.74) is 6.94. The molecule has 5 nitrogen and oxygen atoms in total. The van der Waals surface area contributed by atoms with Crippen LogP contribution in [-0.4, -0.2) is 22.4 Å². The largest absolute Gasteiger partial charge is 0.343 e. The van der Waals surface area contributed by atoms with Crippen LogP contribution < -0.4 is 11.1 Å². The highest BCUT2D eigenvalue weighted by molar-refractivity contribution is 6.30. The van der Waals surface area contributed by atoms with Crippen molar-refractivity contribution >= 4 is 17.5 Å². The number of imidazole rings is 1. The third-order valence-corrected chi connectivity index (χ3v) is 2.77. The standard InChI is InChI=1S/C12H13ClN4O/c13-9-3-1-2-8(4-9)10(5-14)17-12(18)11-6-15-7-16-11/h1-4,6-7,10H,5,14H2,(H,15,16)(H,17,18). The number of amides is 1. The Labute approximate surface area is 109 Å². The molecular formula is C12H13ClN4O. The van der Waals surface area contributed by atoms with E-state index in [1.807, 2.05) is 12.1 Å². The van der Waals surface area contributed by atoms with Gasteiger partial charge in [-0.1, -0.05) is 23.7 Å². The van der Waals surface area contributed by atoms with E-state index in [2.05, 4.69) is 15.3 Å². The van der Waals surface area contributed by atoms with Gasteiger partial charge in [0.05, 0.1) is 18.6 Å². The summed E-state index contributed by atoms with van der Waals surface area (Å²) >= 11 is 5.91. The molecule has 18 heavy (non-hydrogen) atoms. The molecule has 1 aromatic carbocycles. The molecule has 2 rings (SSSR count). The number of benzene rings is 1. The number of H-pyrrole nitrogens is 1. The number of rotatable bonds is 4. The molecule has 0 spiro atoms. The minimum Gasteiger partial charge on any atom is -0.343 e. The number of aromatic nitrogens is 2. The average Bonchev–Trinajstić information content (AvgIpc) is 2.89. The SMILES string of the molecule is NCC(NC(=O)c1cnc[nH]1)c1cccc(Cl)c1. The molecule has 1 amide bonds. The van der Waals surface area contributed by atoms with E-state index in [4.69, 9.17) is 17.3 Å². The highest BCUT2D eigenvalue weighted by Crippen LogP contribution is 2.17. The molecule has 1 unspecified atom stereocenters. The Balaban J connectivity index is 2.13. The second-order valence-electron chi connectivity index (χ2n) is 3.78. The van der Waals surface area contributed by atoms with Crippen LogP contribution in [0.4, 0.5) is 0 Å². The maximum Gasteiger partial charge on any atom is 0.269 e. The minimum atomic E-state index is -0.278. The zero-order chi connectivity index (χ0) is 13.0. The highest BCUT2D eigenvalue weighted by Gasteiger charge is 2.15. The van der Waals surface area contributed by atoms with E-state index in [1.165, 1.54) is 12.5 Å². The molecule has 1 heterocycles. The molecule has 94 valence electrons. The molecule has 0 fully saturated rings. The third-order valence-electron chi connectivity index (χ3n) is 2.53. The van der Waals surface area contributed by atoms with Gasteiger partial charge in [-0.05, 0) is 17.7 Å². The van der Waals surface area contributed by atoms with Crippen molar-refractivity contribution in [1.29, 1.82) is 0 Å². The molecule has 4 N–H and O–H groups in total. The molecule has 0 radical (unpaired) electrons. The van der Waals surface area contributed by atoms with Crippen LogP contribution in [-0.2, 0) is 0 Å². The lowest BCUT2D eigenvalue weighted by molar-refractivity contribution is 0.0933. The van der Waals surface area contributed by atoms with E-state index in [9.17, 15) is 4.79 Å². The predicted molar refractivity (Wildman–Crippen MR) is 69.3 cm³/mol. The third kappa shape index (κ3) is 2.88. The summed E-state index contributed by atoms with van der Waals surface area (Å²) in [4.78, 5) is 18.4. The first-order valence-electron chi connectivity index (χ1n) is 5.45. The van der Waals surface area contributed by atoms with Crippen LogP contribution in [0.15, 0.2) is 36.8 Å². The number of nitrogens with zero attached hydrogens (tertiary/aromatic N) is 1. The normalized spacial score (nSPS) is 12.1. The Morgan fingerprint density at radius 1 is 1.56 bits per heavy atom. The molecule has 1 aromatic heterocycles. The second kappa shape index (κ2) is 5.66. The Morgan fingerprint density at radius 3 is 3.00 bits per heavy atom. The van der Waals surface area contributed by atoms with Crippen molar-refractivity contribution in [3.05, 3.63) is 53.1 Å². The van der Waals surface area contributed by atoms with Crippen molar-refractivity contribution in [3.8, 4) is 0 Å². The lowest BCUT2D eigenvalue weighted by Crippen LogP contribution is -2.33. The lowest BCUT2D eigenvalue weighted by atomic mass is 10.1. The molecule has 6 heteroatoms. The van der Waals surface area contributed by atoms with Crippen molar-refractivity contribution in [2.24, 2.45) is 5.73 Å². The summed E-state index contributed by atoms with van der Waals surface area (Å²) in [6.07, 6.45) is 2.91. The zero-order valence-electron chi connectivity index (χ0n) is 9.56. The van der Waals surface area contributed by atoms with Gasteiger partial charge in [-0.15, -0.1) is 0 Å². The predicted octanol–water partition coefficient (Wildman–Crippen LogP) is 1.49. The molecule has 0 bridgehead atoms. The molecule has 1 atom stereocenters. The molecule has 0 aliphatic rings.